The predicted molar refractivity (Wildman–Crippen MR) is 86.1 cm³/mol. The largest absolute Gasteiger partial charge is 0.241 e. The molecule has 0 aliphatic heterocycles. The summed E-state index contributed by atoms with van der Waals surface area (Å²) in [6.45, 7) is 0.104. The molecular formula is C13H12ClN5O2S2. The second-order valence-electron chi connectivity index (χ2n) is 5.30. The zero-order valence-electron chi connectivity index (χ0n) is 11.8. The maximum atomic E-state index is 12.3. The van der Waals surface area contributed by atoms with Gasteiger partial charge in [-0.3, -0.25) is 0 Å². The summed E-state index contributed by atoms with van der Waals surface area (Å²) in [5.74, 6) is 1.29. The van der Waals surface area contributed by atoms with Gasteiger partial charge >= 0.3 is 0 Å². The van der Waals surface area contributed by atoms with Crippen molar-refractivity contribution in [2.24, 2.45) is 0 Å². The van der Waals surface area contributed by atoms with E-state index in [4.69, 9.17) is 11.6 Å². The van der Waals surface area contributed by atoms with Crippen LogP contribution in [0.2, 0.25) is 5.02 Å². The molecule has 120 valence electrons. The molecule has 1 aliphatic rings. The van der Waals surface area contributed by atoms with E-state index in [1.807, 2.05) is 0 Å². The maximum Gasteiger partial charge on any atom is 0.241 e. The van der Waals surface area contributed by atoms with Gasteiger partial charge < -0.3 is 0 Å². The Hall–Kier alpha value is -1.55. The van der Waals surface area contributed by atoms with Gasteiger partial charge in [-0.2, -0.15) is 9.61 Å². The average Bonchev–Trinajstić information content (AvgIpc) is 3.15. The monoisotopic (exact) mass is 369 g/mol. The standard InChI is InChI=1S/C13H12ClN5O2S2/c14-9-2-1-3-10(6-9)23(20,21)15-7-11-18-19-12(8-4-5-8)16-17-13(19)22-11/h1-3,6,8,15H,4-5,7H2. The van der Waals surface area contributed by atoms with E-state index in [0.29, 0.717) is 20.9 Å². The molecule has 10 heteroatoms. The Bertz CT molecular complexity index is 977. The van der Waals surface area contributed by atoms with Crippen molar-refractivity contribution in [3.05, 3.63) is 40.1 Å². The minimum atomic E-state index is -3.63. The number of nitrogens with one attached hydrogen (secondary N) is 1. The van der Waals surface area contributed by atoms with Gasteiger partial charge in [0.1, 0.15) is 5.01 Å². The van der Waals surface area contributed by atoms with Crippen molar-refractivity contribution < 1.29 is 8.42 Å². The lowest BCUT2D eigenvalue weighted by molar-refractivity contribution is 0.580. The zero-order chi connectivity index (χ0) is 16.0. The molecule has 4 rings (SSSR count). The molecule has 2 heterocycles. The van der Waals surface area contributed by atoms with Gasteiger partial charge in [-0.25, -0.2) is 13.1 Å². The van der Waals surface area contributed by atoms with Crippen molar-refractivity contribution in [2.45, 2.75) is 30.2 Å². The second-order valence-corrected chi connectivity index (χ2v) is 8.55. The van der Waals surface area contributed by atoms with Crippen molar-refractivity contribution in [1.82, 2.24) is 24.5 Å². The highest BCUT2D eigenvalue weighted by Crippen LogP contribution is 2.39. The number of fused-ring (bicyclic) bond motifs is 1. The van der Waals surface area contributed by atoms with Gasteiger partial charge in [0.2, 0.25) is 15.0 Å². The Kier molecular flexibility index (Phi) is 3.60. The van der Waals surface area contributed by atoms with E-state index in [0.717, 1.165) is 18.7 Å². The Morgan fingerprint density at radius 3 is 2.91 bits per heavy atom. The van der Waals surface area contributed by atoms with E-state index >= 15 is 0 Å². The van der Waals surface area contributed by atoms with Crippen LogP contribution in [0.4, 0.5) is 0 Å². The van der Waals surface area contributed by atoms with Crippen LogP contribution in [0.25, 0.3) is 4.96 Å². The Balaban J connectivity index is 1.54. The summed E-state index contributed by atoms with van der Waals surface area (Å²) in [6.07, 6.45) is 2.21. The summed E-state index contributed by atoms with van der Waals surface area (Å²) < 4.78 is 28.8. The molecule has 0 unspecified atom stereocenters. The van der Waals surface area contributed by atoms with Gasteiger partial charge in [-0.15, -0.1) is 10.2 Å². The molecule has 3 aromatic rings. The lowest BCUT2D eigenvalue weighted by Crippen LogP contribution is -2.23. The molecule has 1 aromatic carbocycles. The highest BCUT2D eigenvalue weighted by Gasteiger charge is 2.30. The molecule has 0 saturated heterocycles. The van der Waals surface area contributed by atoms with Gasteiger partial charge in [0.05, 0.1) is 11.4 Å². The van der Waals surface area contributed by atoms with Crippen molar-refractivity contribution in [3.8, 4) is 0 Å². The fraction of sp³-hybridized carbons (Fsp3) is 0.308. The number of aromatic nitrogens is 4. The van der Waals surface area contributed by atoms with Gasteiger partial charge in [-0.05, 0) is 31.0 Å². The smallest absolute Gasteiger partial charge is 0.207 e. The van der Waals surface area contributed by atoms with Crippen LogP contribution in [-0.2, 0) is 16.6 Å². The van der Waals surface area contributed by atoms with Crippen molar-refractivity contribution in [3.63, 3.8) is 0 Å². The lowest BCUT2D eigenvalue weighted by Gasteiger charge is -2.05. The lowest BCUT2D eigenvalue weighted by atomic mass is 10.4. The molecule has 1 fully saturated rings. The number of halogens is 1. The van der Waals surface area contributed by atoms with Crippen molar-refractivity contribution >= 4 is 37.9 Å². The molecule has 1 saturated carbocycles. The summed E-state index contributed by atoms with van der Waals surface area (Å²) in [7, 11) is -3.63. The minimum absolute atomic E-state index is 0.104. The number of nitrogens with zero attached hydrogens (tertiary/aromatic N) is 4. The summed E-state index contributed by atoms with van der Waals surface area (Å²) in [6, 6.07) is 6.14. The third kappa shape index (κ3) is 2.97. The highest BCUT2D eigenvalue weighted by molar-refractivity contribution is 7.89. The summed E-state index contributed by atoms with van der Waals surface area (Å²) in [5.41, 5.74) is 0. The van der Waals surface area contributed by atoms with Crippen LogP contribution < -0.4 is 4.72 Å². The molecule has 0 spiro atoms. The second kappa shape index (κ2) is 5.52. The molecule has 0 bridgehead atoms. The first-order valence-electron chi connectivity index (χ1n) is 6.99. The summed E-state index contributed by atoms with van der Waals surface area (Å²) in [5, 5.41) is 13.6. The number of sulfonamides is 1. The quantitative estimate of drug-likeness (QED) is 0.744. The van der Waals surface area contributed by atoms with E-state index in [1.54, 1.807) is 16.6 Å². The fourth-order valence-electron chi connectivity index (χ4n) is 2.21. The molecular weight excluding hydrogens is 358 g/mol. The van der Waals surface area contributed by atoms with Crippen LogP contribution in [0.3, 0.4) is 0 Å². The molecule has 23 heavy (non-hydrogen) atoms. The maximum absolute atomic E-state index is 12.3. The third-order valence-corrected chi connectivity index (χ3v) is 6.05. The molecule has 1 aliphatic carbocycles. The summed E-state index contributed by atoms with van der Waals surface area (Å²) >= 11 is 7.17. The molecule has 0 radical (unpaired) electrons. The van der Waals surface area contributed by atoms with Crippen molar-refractivity contribution in [1.29, 1.82) is 0 Å². The fourth-order valence-corrected chi connectivity index (χ4v) is 4.37. The number of hydrogen-bond donors (Lipinski definition) is 1. The Labute approximate surface area is 141 Å². The highest BCUT2D eigenvalue weighted by atomic mass is 35.5. The van der Waals surface area contributed by atoms with E-state index < -0.39 is 10.0 Å². The zero-order valence-corrected chi connectivity index (χ0v) is 14.2. The van der Waals surface area contributed by atoms with Gasteiger partial charge in [0.25, 0.3) is 0 Å². The van der Waals surface area contributed by atoms with Gasteiger partial charge in [0, 0.05) is 10.9 Å². The Morgan fingerprint density at radius 1 is 1.35 bits per heavy atom. The van der Waals surface area contributed by atoms with Crippen LogP contribution in [-0.4, -0.2) is 28.2 Å². The van der Waals surface area contributed by atoms with Crippen molar-refractivity contribution in [2.75, 3.05) is 0 Å². The van der Waals surface area contributed by atoms with E-state index in [-0.39, 0.29) is 11.4 Å². The first-order valence-corrected chi connectivity index (χ1v) is 9.67. The minimum Gasteiger partial charge on any atom is -0.207 e. The van der Waals surface area contributed by atoms with Crippen LogP contribution in [0, 0.1) is 0 Å². The SMILES string of the molecule is O=S(=O)(NCc1nn2c(C3CC3)nnc2s1)c1cccc(Cl)c1. The first kappa shape index (κ1) is 15.0. The van der Waals surface area contributed by atoms with Crippen LogP contribution in [0.1, 0.15) is 29.6 Å². The molecule has 1 N–H and O–H groups in total. The first-order chi connectivity index (χ1) is 11.0. The van der Waals surface area contributed by atoms with Gasteiger partial charge in [-0.1, -0.05) is 29.0 Å². The van der Waals surface area contributed by atoms with E-state index in [2.05, 4.69) is 20.0 Å². The molecule has 2 aromatic heterocycles. The van der Waals surface area contributed by atoms with Gasteiger partial charge in [0.15, 0.2) is 5.82 Å². The number of benzene rings is 1. The summed E-state index contributed by atoms with van der Waals surface area (Å²) in [4.78, 5) is 0.815. The molecule has 0 amide bonds. The average molecular weight is 370 g/mol. The van der Waals surface area contributed by atoms with E-state index in [1.165, 1.54) is 23.5 Å². The van der Waals surface area contributed by atoms with Crippen LogP contribution in [0.15, 0.2) is 29.2 Å². The number of hydrogen-bond acceptors (Lipinski definition) is 6. The normalized spacial score (nSPS) is 15.3. The predicted octanol–water partition coefficient (Wildman–Crippen LogP) is 2.20. The third-order valence-electron chi connectivity index (χ3n) is 3.52. The topological polar surface area (TPSA) is 89.2 Å². The number of rotatable bonds is 5. The van der Waals surface area contributed by atoms with Crippen LogP contribution >= 0.6 is 22.9 Å². The van der Waals surface area contributed by atoms with Crippen LogP contribution in [0.5, 0.6) is 0 Å². The molecule has 7 nitrogen and oxygen atoms in total. The Morgan fingerprint density at radius 2 is 2.17 bits per heavy atom. The molecule has 0 atom stereocenters. The van der Waals surface area contributed by atoms with E-state index in [9.17, 15) is 8.42 Å².